The van der Waals surface area contributed by atoms with Crippen LogP contribution >= 0.6 is 0 Å². The first-order valence-corrected chi connectivity index (χ1v) is 6.45. The molecule has 0 radical (unpaired) electrons. The molecule has 2 aromatic carbocycles. The molecule has 3 aromatic rings. The molecule has 1 aromatic heterocycles. The third-order valence-corrected chi connectivity index (χ3v) is 3.53. The summed E-state index contributed by atoms with van der Waals surface area (Å²) in [6.45, 7) is 4.11. The number of fused-ring (bicyclic) bond motifs is 1. The predicted molar refractivity (Wildman–Crippen MR) is 83.3 cm³/mol. The molecular formula is C16H16N4. The minimum Gasteiger partial charge on any atom is -0.383 e. The van der Waals surface area contributed by atoms with Crippen molar-refractivity contribution in [1.82, 2.24) is 9.97 Å². The van der Waals surface area contributed by atoms with Crippen LogP contribution in [0.1, 0.15) is 11.1 Å². The highest BCUT2D eigenvalue weighted by molar-refractivity contribution is 5.96. The molecule has 0 atom stereocenters. The van der Waals surface area contributed by atoms with Crippen LogP contribution < -0.4 is 11.5 Å². The first-order chi connectivity index (χ1) is 9.56. The smallest absolute Gasteiger partial charge is 0.222 e. The van der Waals surface area contributed by atoms with Crippen molar-refractivity contribution < 1.29 is 0 Å². The van der Waals surface area contributed by atoms with Crippen LogP contribution in [0.15, 0.2) is 36.4 Å². The van der Waals surface area contributed by atoms with Crippen molar-refractivity contribution in [3.63, 3.8) is 0 Å². The largest absolute Gasteiger partial charge is 0.383 e. The summed E-state index contributed by atoms with van der Waals surface area (Å²) in [7, 11) is 0. The van der Waals surface area contributed by atoms with Gasteiger partial charge in [0.1, 0.15) is 5.82 Å². The summed E-state index contributed by atoms with van der Waals surface area (Å²) in [6.07, 6.45) is 0. The van der Waals surface area contributed by atoms with Crippen LogP contribution in [0, 0.1) is 13.8 Å². The zero-order chi connectivity index (χ0) is 14.3. The van der Waals surface area contributed by atoms with Crippen molar-refractivity contribution in [2.24, 2.45) is 0 Å². The van der Waals surface area contributed by atoms with Crippen molar-refractivity contribution >= 4 is 22.7 Å². The van der Waals surface area contributed by atoms with Gasteiger partial charge in [-0.15, -0.1) is 0 Å². The standard InChI is InChI=1S/C16H16N4/c1-9-3-5-11(6-4-9)12-7-8-13-14(10(12)2)15(17)20-16(18)19-13/h3-8H,1-2H3,(H4,17,18,19,20). The van der Waals surface area contributed by atoms with Crippen LogP contribution in [-0.2, 0) is 0 Å². The maximum absolute atomic E-state index is 6.00. The van der Waals surface area contributed by atoms with E-state index in [0.717, 1.165) is 27.6 Å². The summed E-state index contributed by atoms with van der Waals surface area (Å²) < 4.78 is 0. The van der Waals surface area contributed by atoms with Crippen LogP contribution in [-0.4, -0.2) is 9.97 Å². The molecule has 0 aliphatic heterocycles. The van der Waals surface area contributed by atoms with E-state index in [4.69, 9.17) is 11.5 Å². The Hall–Kier alpha value is -2.62. The Labute approximate surface area is 117 Å². The van der Waals surface area contributed by atoms with Crippen LogP contribution in [0.4, 0.5) is 11.8 Å². The minimum absolute atomic E-state index is 0.206. The zero-order valence-electron chi connectivity index (χ0n) is 11.5. The number of aromatic nitrogens is 2. The molecule has 4 N–H and O–H groups in total. The van der Waals surface area contributed by atoms with Crippen molar-refractivity contribution in [2.75, 3.05) is 11.5 Å². The third kappa shape index (κ3) is 1.95. The fourth-order valence-corrected chi connectivity index (χ4v) is 2.49. The van der Waals surface area contributed by atoms with Gasteiger partial charge < -0.3 is 11.5 Å². The second-order valence-electron chi connectivity index (χ2n) is 4.97. The number of aryl methyl sites for hydroxylation is 2. The maximum atomic E-state index is 6.00. The van der Waals surface area contributed by atoms with Gasteiger partial charge in [0.15, 0.2) is 0 Å². The van der Waals surface area contributed by atoms with Crippen molar-refractivity contribution in [3.8, 4) is 11.1 Å². The highest BCUT2D eigenvalue weighted by Crippen LogP contribution is 2.31. The average Bonchev–Trinajstić information content (AvgIpc) is 2.39. The Morgan fingerprint density at radius 1 is 0.850 bits per heavy atom. The van der Waals surface area contributed by atoms with Crippen molar-refractivity contribution in [3.05, 3.63) is 47.5 Å². The summed E-state index contributed by atoms with van der Waals surface area (Å²) in [5.74, 6) is 0.636. The summed E-state index contributed by atoms with van der Waals surface area (Å²) in [5, 5.41) is 0.872. The second kappa shape index (κ2) is 4.49. The van der Waals surface area contributed by atoms with E-state index in [1.807, 2.05) is 19.1 Å². The van der Waals surface area contributed by atoms with Crippen LogP contribution in [0.5, 0.6) is 0 Å². The SMILES string of the molecule is Cc1ccc(-c2ccc3nc(N)nc(N)c3c2C)cc1. The fraction of sp³-hybridized carbons (Fsp3) is 0.125. The molecule has 3 rings (SSSR count). The first-order valence-electron chi connectivity index (χ1n) is 6.45. The normalized spacial score (nSPS) is 10.9. The zero-order valence-corrected chi connectivity index (χ0v) is 11.5. The molecule has 0 saturated carbocycles. The van der Waals surface area contributed by atoms with E-state index in [0.29, 0.717) is 5.82 Å². The number of benzene rings is 2. The van der Waals surface area contributed by atoms with E-state index in [1.54, 1.807) is 0 Å². The lowest BCUT2D eigenvalue weighted by Crippen LogP contribution is -2.02. The van der Waals surface area contributed by atoms with Gasteiger partial charge in [-0.2, -0.15) is 4.98 Å². The number of nitrogens with zero attached hydrogens (tertiary/aromatic N) is 2. The Morgan fingerprint density at radius 2 is 1.55 bits per heavy atom. The lowest BCUT2D eigenvalue weighted by molar-refractivity contribution is 1.24. The maximum Gasteiger partial charge on any atom is 0.222 e. The molecule has 0 aliphatic carbocycles. The molecule has 4 nitrogen and oxygen atoms in total. The quantitative estimate of drug-likeness (QED) is 0.708. The molecule has 0 fully saturated rings. The molecule has 0 amide bonds. The fourth-order valence-electron chi connectivity index (χ4n) is 2.49. The first kappa shape index (κ1) is 12.4. The van der Waals surface area contributed by atoms with Gasteiger partial charge >= 0.3 is 0 Å². The van der Waals surface area contributed by atoms with Crippen LogP contribution in [0.25, 0.3) is 22.0 Å². The number of anilines is 2. The van der Waals surface area contributed by atoms with E-state index < -0.39 is 0 Å². The molecule has 20 heavy (non-hydrogen) atoms. The summed E-state index contributed by atoms with van der Waals surface area (Å²) in [4.78, 5) is 8.29. The summed E-state index contributed by atoms with van der Waals surface area (Å²) >= 11 is 0. The second-order valence-corrected chi connectivity index (χ2v) is 4.97. The van der Waals surface area contributed by atoms with Gasteiger partial charge in [0.2, 0.25) is 5.95 Å². The van der Waals surface area contributed by atoms with Gasteiger partial charge in [-0.1, -0.05) is 35.9 Å². The van der Waals surface area contributed by atoms with Crippen LogP contribution in [0.2, 0.25) is 0 Å². The van der Waals surface area contributed by atoms with Crippen molar-refractivity contribution in [1.29, 1.82) is 0 Å². The molecule has 4 heteroatoms. The lowest BCUT2D eigenvalue weighted by atomic mass is 9.96. The highest BCUT2D eigenvalue weighted by atomic mass is 15.0. The highest BCUT2D eigenvalue weighted by Gasteiger charge is 2.10. The van der Waals surface area contributed by atoms with Gasteiger partial charge in [-0.05, 0) is 36.6 Å². The monoisotopic (exact) mass is 264 g/mol. The van der Waals surface area contributed by atoms with Crippen molar-refractivity contribution in [2.45, 2.75) is 13.8 Å². The van der Waals surface area contributed by atoms with Gasteiger partial charge in [0.25, 0.3) is 0 Å². The molecule has 1 heterocycles. The Balaban J connectivity index is 2.28. The molecule has 0 bridgehead atoms. The summed E-state index contributed by atoms with van der Waals surface area (Å²) in [6, 6.07) is 12.4. The summed E-state index contributed by atoms with van der Waals surface area (Å²) in [5.41, 5.74) is 17.0. The number of hydrogen-bond donors (Lipinski definition) is 2. The van der Waals surface area contributed by atoms with Gasteiger partial charge in [0, 0.05) is 5.39 Å². The minimum atomic E-state index is 0.206. The van der Waals surface area contributed by atoms with E-state index in [1.165, 1.54) is 5.56 Å². The molecule has 100 valence electrons. The number of nitrogen functional groups attached to an aromatic ring is 2. The third-order valence-electron chi connectivity index (χ3n) is 3.53. The Morgan fingerprint density at radius 3 is 2.25 bits per heavy atom. The number of rotatable bonds is 1. The lowest BCUT2D eigenvalue weighted by Gasteiger charge is -2.11. The van der Waals surface area contributed by atoms with Gasteiger partial charge in [0.05, 0.1) is 5.52 Å². The van der Waals surface area contributed by atoms with E-state index in [2.05, 4.69) is 41.2 Å². The molecule has 0 aliphatic rings. The van der Waals surface area contributed by atoms with Gasteiger partial charge in [-0.3, -0.25) is 0 Å². The molecule has 0 unspecified atom stereocenters. The van der Waals surface area contributed by atoms with E-state index >= 15 is 0 Å². The molecule has 0 saturated heterocycles. The molecule has 0 spiro atoms. The molecular weight excluding hydrogens is 248 g/mol. The van der Waals surface area contributed by atoms with E-state index in [9.17, 15) is 0 Å². The topological polar surface area (TPSA) is 77.8 Å². The number of hydrogen-bond acceptors (Lipinski definition) is 4. The Bertz CT molecular complexity index is 792. The average molecular weight is 264 g/mol. The van der Waals surface area contributed by atoms with Gasteiger partial charge in [-0.25, -0.2) is 4.98 Å². The van der Waals surface area contributed by atoms with E-state index in [-0.39, 0.29) is 5.95 Å². The number of nitrogens with two attached hydrogens (primary N) is 2. The van der Waals surface area contributed by atoms with Crippen LogP contribution in [0.3, 0.4) is 0 Å². The Kier molecular flexibility index (Phi) is 2.79. The predicted octanol–water partition coefficient (Wildman–Crippen LogP) is 3.08.